The standard InChI is InChI=1S/C28H33ClN4O3S/c1-19-16-21(18-31-11-14-35-15-12-31)6-9-24(19)36-13-5-10-32-27(37)33(26(34)28(32,3)4)23-8-7-22(17-30)25(29)20(23)2/h6-9,16H,5,10-15,18H2,1-4H3. The molecule has 0 bridgehead atoms. The van der Waals surface area contributed by atoms with Gasteiger partial charge in [-0.3, -0.25) is 14.6 Å². The van der Waals surface area contributed by atoms with Crippen LogP contribution in [0.2, 0.25) is 5.02 Å². The van der Waals surface area contributed by atoms with Gasteiger partial charge in [-0.05, 0) is 81.2 Å². The third-order valence-electron chi connectivity index (χ3n) is 7.08. The number of morpholine rings is 1. The summed E-state index contributed by atoms with van der Waals surface area (Å²) in [6.07, 6.45) is 0.701. The van der Waals surface area contributed by atoms with Crippen LogP contribution in [0.15, 0.2) is 30.3 Å². The molecule has 0 atom stereocenters. The Morgan fingerprint density at radius 2 is 1.92 bits per heavy atom. The third-order valence-corrected chi connectivity index (χ3v) is 7.97. The van der Waals surface area contributed by atoms with Gasteiger partial charge in [-0.2, -0.15) is 5.26 Å². The number of nitrogens with zero attached hydrogens (tertiary/aromatic N) is 4. The number of amides is 1. The van der Waals surface area contributed by atoms with Crippen molar-refractivity contribution in [1.29, 1.82) is 5.26 Å². The van der Waals surface area contributed by atoms with Gasteiger partial charge in [0, 0.05) is 26.2 Å². The monoisotopic (exact) mass is 540 g/mol. The van der Waals surface area contributed by atoms with E-state index in [4.69, 9.17) is 33.3 Å². The molecule has 2 saturated heterocycles. The Kier molecular flexibility index (Phi) is 8.39. The molecule has 2 aliphatic heterocycles. The molecule has 2 fully saturated rings. The minimum Gasteiger partial charge on any atom is -0.493 e. The number of hydrogen-bond acceptors (Lipinski definition) is 6. The Labute approximate surface area is 229 Å². The van der Waals surface area contributed by atoms with Gasteiger partial charge in [0.2, 0.25) is 0 Å². The van der Waals surface area contributed by atoms with Crippen molar-refractivity contribution in [3.63, 3.8) is 0 Å². The molecule has 0 N–H and O–H groups in total. The Bertz CT molecular complexity index is 1240. The molecule has 0 spiro atoms. The molecular weight excluding hydrogens is 508 g/mol. The number of halogens is 1. The van der Waals surface area contributed by atoms with Gasteiger partial charge >= 0.3 is 0 Å². The molecule has 1 amide bonds. The number of nitriles is 1. The summed E-state index contributed by atoms with van der Waals surface area (Å²) in [5.74, 6) is 0.753. The van der Waals surface area contributed by atoms with Crippen LogP contribution in [0.4, 0.5) is 5.69 Å². The van der Waals surface area contributed by atoms with E-state index in [1.54, 1.807) is 19.1 Å². The molecule has 0 aromatic heterocycles. The van der Waals surface area contributed by atoms with Crippen LogP contribution in [0.5, 0.6) is 5.75 Å². The summed E-state index contributed by atoms with van der Waals surface area (Å²) < 4.78 is 11.5. The molecule has 196 valence electrons. The van der Waals surface area contributed by atoms with E-state index in [9.17, 15) is 10.1 Å². The Balaban J connectivity index is 1.37. The first-order chi connectivity index (χ1) is 17.6. The molecule has 0 saturated carbocycles. The van der Waals surface area contributed by atoms with Crippen molar-refractivity contribution in [3.8, 4) is 11.8 Å². The molecule has 0 radical (unpaired) electrons. The third kappa shape index (κ3) is 5.60. The van der Waals surface area contributed by atoms with Crippen LogP contribution < -0.4 is 9.64 Å². The van der Waals surface area contributed by atoms with E-state index in [-0.39, 0.29) is 5.91 Å². The number of rotatable bonds is 8. The van der Waals surface area contributed by atoms with Gasteiger partial charge in [0.15, 0.2) is 5.11 Å². The van der Waals surface area contributed by atoms with E-state index < -0.39 is 5.54 Å². The van der Waals surface area contributed by atoms with Crippen molar-refractivity contribution >= 4 is 40.5 Å². The quantitative estimate of drug-likeness (QED) is 0.350. The largest absolute Gasteiger partial charge is 0.493 e. The average molecular weight is 541 g/mol. The fourth-order valence-corrected chi connectivity index (χ4v) is 5.52. The lowest BCUT2D eigenvalue weighted by molar-refractivity contribution is -0.123. The zero-order chi connectivity index (χ0) is 26.7. The minimum atomic E-state index is -0.805. The lowest BCUT2D eigenvalue weighted by Crippen LogP contribution is -2.44. The fraction of sp³-hybridized carbons (Fsp3) is 0.464. The van der Waals surface area contributed by atoms with E-state index in [1.807, 2.05) is 24.8 Å². The molecular formula is C28H33ClN4O3S. The number of hydrogen-bond donors (Lipinski definition) is 0. The van der Waals surface area contributed by atoms with Gasteiger partial charge in [0.1, 0.15) is 17.4 Å². The van der Waals surface area contributed by atoms with Crippen LogP contribution in [0, 0.1) is 25.2 Å². The highest BCUT2D eigenvalue weighted by Crippen LogP contribution is 2.37. The molecule has 37 heavy (non-hydrogen) atoms. The number of anilines is 1. The molecule has 2 aromatic rings. The summed E-state index contributed by atoms with van der Waals surface area (Å²) in [5.41, 5.74) is 3.22. The van der Waals surface area contributed by atoms with Crippen molar-refractivity contribution in [2.45, 2.75) is 46.2 Å². The zero-order valence-corrected chi connectivity index (χ0v) is 23.4. The normalized spacial score (nSPS) is 17.8. The van der Waals surface area contributed by atoms with Crippen molar-refractivity contribution < 1.29 is 14.3 Å². The van der Waals surface area contributed by atoms with Crippen LogP contribution in [0.3, 0.4) is 0 Å². The van der Waals surface area contributed by atoms with E-state index in [1.165, 1.54) is 10.5 Å². The van der Waals surface area contributed by atoms with Gasteiger partial charge in [-0.1, -0.05) is 23.7 Å². The maximum absolute atomic E-state index is 13.4. The first kappa shape index (κ1) is 27.3. The number of thiocarbonyl (C=S) groups is 1. The summed E-state index contributed by atoms with van der Waals surface area (Å²) in [5, 5.41) is 10.0. The molecule has 2 aromatic carbocycles. The zero-order valence-electron chi connectivity index (χ0n) is 21.8. The van der Waals surface area contributed by atoms with E-state index in [0.717, 1.165) is 44.2 Å². The van der Waals surface area contributed by atoms with Crippen LogP contribution in [-0.4, -0.2) is 65.8 Å². The predicted molar refractivity (Wildman–Crippen MR) is 149 cm³/mol. The van der Waals surface area contributed by atoms with Crippen LogP contribution in [0.25, 0.3) is 0 Å². The van der Waals surface area contributed by atoms with Crippen LogP contribution >= 0.6 is 23.8 Å². The van der Waals surface area contributed by atoms with Gasteiger partial charge in [-0.25, -0.2) is 0 Å². The second-order valence-electron chi connectivity index (χ2n) is 10.0. The Morgan fingerprint density at radius 1 is 1.19 bits per heavy atom. The maximum Gasteiger partial charge on any atom is 0.258 e. The SMILES string of the molecule is Cc1cc(CN2CCOCC2)ccc1OCCCN1C(=S)N(c2ccc(C#N)c(Cl)c2C)C(=O)C1(C)C. The predicted octanol–water partition coefficient (Wildman–Crippen LogP) is 4.84. The topological polar surface area (TPSA) is 69.0 Å². The van der Waals surface area contributed by atoms with Crippen molar-refractivity contribution in [2.75, 3.05) is 44.4 Å². The van der Waals surface area contributed by atoms with Gasteiger partial charge < -0.3 is 14.4 Å². The number of aryl methyl sites for hydroxylation is 1. The van der Waals surface area contributed by atoms with Gasteiger partial charge in [0.05, 0.1) is 36.1 Å². The highest BCUT2D eigenvalue weighted by atomic mass is 35.5. The maximum atomic E-state index is 13.4. The summed E-state index contributed by atoms with van der Waals surface area (Å²) in [6.45, 7) is 13.1. The minimum absolute atomic E-state index is 0.117. The second kappa shape index (κ2) is 11.4. The first-order valence-electron chi connectivity index (χ1n) is 12.5. The van der Waals surface area contributed by atoms with Gasteiger partial charge in [-0.15, -0.1) is 0 Å². The molecule has 4 rings (SSSR count). The summed E-state index contributed by atoms with van der Waals surface area (Å²) in [7, 11) is 0. The highest BCUT2D eigenvalue weighted by Gasteiger charge is 2.49. The summed E-state index contributed by atoms with van der Waals surface area (Å²) >= 11 is 12.1. The molecule has 2 aliphatic rings. The van der Waals surface area contributed by atoms with Crippen LogP contribution in [0.1, 0.15) is 42.5 Å². The molecule has 0 unspecified atom stereocenters. The van der Waals surface area contributed by atoms with Gasteiger partial charge in [0.25, 0.3) is 5.91 Å². The lowest BCUT2D eigenvalue weighted by Gasteiger charge is -2.29. The number of carbonyl (C=O) groups is 1. The number of ether oxygens (including phenoxy) is 2. The molecule has 2 heterocycles. The second-order valence-corrected chi connectivity index (χ2v) is 10.8. The van der Waals surface area contributed by atoms with Crippen LogP contribution in [-0.2, 0) is 16.1 Å². The summed E-state index contributed by atoms with van der Waals surface area (Å²) in [6, 6.07) is 11.8. The highest BCUT2D eigenvalue weighted by molar-refractivity contribution is 7.80. The average Bonchev–Trinajstić information content (AvgIpc) is 3.04. The Morgan fingerprint density at radius 3 is 2.59 bits per heavy atom. The molecule has 9 heteroatoms. The summed E-state index contributed by atoms with van der Waals surface area (Å²) in [4.78, 5) is 19.3. The van der Waals surface area contributed by atoms with E-state index >= 15 is 0 Å². The van der Waals surface area contributed by atoms with Crippen molar-refractivity contribution in [1.82, 2.24) is 9.80 Å². The molecule has 0 aliphatic carbocycles. The lowest BCUT2D eigenvalue weighted by atomic mass is 10.0. The number of carbonyl (C=O) groups excluding carboxylic acids is 1. The molecule has 7 nitrogen and oxygen atoms in total. The number of benzene rings is 2. The van der Waals surface area contributed by atoms with Crippen molar-refractivity contribution in [3.05, 3.63) is 57.6 Å². The smallest absolute Gasteiger partial charge is 0.258 e. The Hall–Kier alpha value is -2.70. The van der Waals surface area contributed by atoms with E-state index in [0.29, 0.717) is 46.5 Å². The first-order valence-corrected chi connectivity index (χ1v) is 13.3. The fourth-order valence-electron chi connectivity index (χ4n) is 4.82. The van der Waals surface area contributed by atoms with Crippen molar-refractivity contribution in [2.24, 2.45) is 0 Å². The van der Waals surface area contributed by atoms with E-state index in [2.05, 4.69) is 30.0 Å².